The zero-order chi connectivity index (χ0) is 13.8. The molecule has 0 aromatic heterocycles. The molecular weight excluding hydrogens is 306 g/mol. The quantitative estimate of drug-likeness (QED) is 0.729. The normalized spacial score (nSPS) is 23.7. The maximum atomic E-state index is 9.99. The lowest BCUT2D eigenvalue weighted by Gasteiger charge is -2.23. The highest BCUT2D eigenvalue weighted by Gasteiger charge is 2.22. The Labute approximate surface area is 122 Å². The third kappa shape index (κ3) is 3.59. The van der Waals surface area contributed by atoms with E-state index >= 15 is 0 Å². The van der Waals surface area contributed by atoms with E-state index in [1.807, 2.05) is 12.1 Å². The van der Waals surface area contributed by atoms with Crippen molar-refractivity contribution in [3.8, 4) is 5.75 Å². The molecule has 19 heavy (non-hydrogen) atoms. The van der Waals surface area contributed by atoms with E-state index in [9.17, 15) is 5.11 Å². The van der Waals surface area contributed by atoms with Crippen molar-refractivity contribution in [1.82, 2.24) is 5.32 Å². The lowest BCUT2D eigenvalue weighted by atomic mass is 10.0. The SMILES string of the molecule is CC[C@H](N[C@@H]1C=C[C@H](CO)C1)c1cc(Br)ccc1O. The molecule has 0 saturated heterocycles. The molecular formula is C15H20BrNO2. The Balaban J connectivity index is 2.08. The van der Waals surface area contributed by atoms with Gasteiger partial charge in [0.1, 0.15) is 5.75 Å². The Morgan fingerprint density at radius 3 is 2.84 bits per heavy atom. The van der Waals surface area contributed by atoms with Crippen molar-refractivity contribution < 1.29 is 10.2 Å². The second kappa shape index (κ2) is 6.55. The number of nitrogens with one attached hydrogen (secondary N) is 1. The van der Waals surface area contributed by atoms with Gasteiger partial charge in [-0.2, -0.15) is 0 Å². The molecule has 0 spiro atoms. The highest BCUT2D eigenvalue weighted by atomic mass is 79.9. The summed E-state index contributed by atoms with van der Waals surface area (Å²) >= 11 is 3.44. The number of hydrogen-bond donors (Lipinski definition) is 3. The molecule has 0 unspecified atom stereocenters. The van der Waals surface area contributed by atoms with Gasteiger partial charge in [0.2, 0.25) is 0 Å². The van der Waals surface area contributed by atoms with Gasteiger partial charge in [0.25, 0.3) is 0 Å². The molecule has 1 aromatic carbocycles. The van der Waals surface area contributed by atoms with Gasteiger partial charge in [-0.3, -0.25) is 0 Å². The molecule has 3 atom stereocenters. The summed E-state index contributed by atoms with van der Waals surface area (Å²) in [7, 11) is 0. The lowest BCUT2D eigenvalue weighted by molar-refractivity contribution is 0.244. The fourth-order valence-corrected chi connectivity index (χ4v) is 2.90. The van der Waals surface area contributed by atoms with E-state index < -0.39 is 0 Å². The number of rotatable bonds is 5. The summed E-state index contributed by atoms with van der Waals surface area (Å²) in [6.45, 7) is 2.30. The van der Waals surface area contributed by atoms with E-state index in [-0.39, 0.29) is 24.6 Å². The first-order chi connectivity index (χ1) is 9.13. The molecule has 2 rings (SSSR count). The third-order valence-corrected chi connectivity index (χ3v) is 4.09. The van der Waals surface area contributed by atoms with Crippen molar-refractivity contribution in [2.75, 3.05) is 6.61 Å². The average molecular weight is 326 g/mol. The van der Waals surface area contributed by atoms with Gasteiger partial charge in [0.15, 0.2) is 0 Å². The zero-order valence-electron chi connectivity index (χ0n) is 11.0. The van der Waals surface area contributed by atoms with Crippen LogP contribution >= 0.6 is 15.9 Å². The van der Waals surface area contributed by atoms with Gasteiger partial charge < -0.3 is 15.5 Å². The van der Waals surface area contributed by atoms with Gasteiger partial charge in [-0.1, -0.05) is 35.0 Å². The highest BCUT2D eigenvalue weighted by Crippen LogP contribution is 2.31. The number of halogens is 1. The molecule has 0 radical (unpaired) electrons. The van der Waals surface area contributed by atoms with Crippen LogP contribution in [0.4, 0.5) is 0 Å². The van der Waals surface area contributed by atoms with Crippen LogP contribution in [0.25, 0.3) is 0 Å². The van der Waals surface area contributed by atoms with Crippen molar-refractivity contribution in [3.63, 3.8) is 0 Å². The van der Waals surface area contributed by atoms with Gasteiger partial charge in [-0.15, -0.1) is 0 Å². The monoisotopic (exact) mass is 325 g/mol. The molecule has 3 N–H and O–H groups in total. The summed E-state index contributed by atoms with van der Waals surface area (Å²) in [5, 5.41) is 22.7. The summed E-state index contributed by atoms with van der Waals surface area (Å²) in [6.07, 6.45) is 5.99. The predicted molar refractivity (Wildman–Crippen MR) is 80.1 cm³/mol. The molecule has 0 aliphatic heterocycles. The summed E-state index contributed by atoms with van der Waals surface area (Å²) in [5.41, 5.74) is 0.915. The zero-order valence-corrected chi connectivity index (χ0v) is 12.6. The number of aromatic hydroxyl groups is 1. The van der Waals surface area contributed by atoms with E-state index in [0.29, 0.717) is 5.75 Å². The molecule has 3 nitrogen and oxygen atoms in total. The Morgan fingerprint density at radius 1 is 1.42 bits per heavy atom. The van der Waals surface area contributed by atoms with Crippen LogP contribution in [0.3, 0.4) is 0 Å². The molecule has 0 heterocycles. The fourth-order valence-electron chi connectivity index (χ4n) is 2.52. The van der Waals surface area contributed by atoms with Crippen molar-refractivity contribution in [3.05, 3.63) is 40.4 Å². The smallest absolute Gasteiger partial charge is 0.120 e. The van der Waals surface area contributed by atoms with Crippen LogP contribution in [0.5, 0.6) is 5.75 Å². The molecule has 104 valence electrons. The minimum absolute atomic E-state index is 0.115. The van der Waals surface area contributed by atoms with Crippen molar-refractivity contribution in [2.45, 2.75) is 31.8 Å². The highest BCUT2D eigenvalue weighted by molar-refractivity contribution is 9.10. The summed E-state index contributed by atoms with van der Waals surface area (Å²) < 4.78 is 0.968. The number of phenolic OH excluding ortho intramolecular Hbond substituents is 1. The summed E-state index contributed by atoms with van der Waals surface area (Å²) in [4.78, 5) is 0. The van der Waals surface area contributed by atoms with E-state index in [2.05, 4.69) is 40.3 Å². The van der Waals surface area contributed by atoms with Crippen LogP contribution < -0.4 is 5.32 Å². The van der Waals surface area contributed by atoms with Crippen LogP contribution in [0.1, 0.15) is 31.4 Å². The molecule has 1 aliphatic carbocycles. The first kappa shape index (κ1) is 14.6. The Bertz CT molecular complexity index is 461. The molecule has 0 amide bonds. The van der Waals surface area contributed by atoms with Crippen LogP contribution in [0, 0.1) is 5.92 Å². The Hall–Kier alpha value is -0.840. The molecule has 4 heteroatoms. The molecule has 1 aromatic rings. The first-order valence-corrected chi connectivity index (χ1v) is 7.47. The molecule has 1 aliphatic rings. The number of aliphatic hydroxyl groups is 1. The molecule has 0 bridgehead atoms. The van der Waals surface area contributed by atoms with E-state index in [1.54, 1.807) is 6.07 Å². The average Bonchev–Trinajstić information content (AvgIpc) is 2.87. The third-order valence-electron chi connectivity index (χ3n) is 3.60. The number of phenols is 1. The first-order valence-electron chi connectivity index (χ1n) is 6.67. The molecule has 0 saturated carbocycles. The van der Waals surface area contributed by atoms with Gasteiger partial charge in [0.05, 0.1) is 0 Å². The standard InChI is InChI=1S/C15H20BrNO2/c1-2-14(13-8-11(16)4-6-15(13)19)17-12-5-3-10(7-12)9-18/h3-6,8,10,12,14,17-19H,2,7,9H2,1H3/t10-,12+,14-/m0/s1. The summed E-state index contributed by atoms with van der Waals surface area (Å²) in [6, 6.07) is 5.89. The van der Waals surface area contributed by atoms with Gasteiger partial charge in [0, 0.05) is 34.6 Å². The van der Waals surface area contributed by atoms with E-state index in [1.165, 1.54) is 0 Å². The number of aliphatic hydroxyl groups excluding tert-OH is 1. The second-order valence-corrected chi connectivity index (χ2v) is 5.92. The van der Waals surface area contributed by atoms with Crippen LogP contribution in [0.15, 0.2) is 34.8 Å². The van der Waals surface area contributed by atoms with E-state index in [4.69, 9.17) is 5.11 Å². The Morgan fingerprint density at radius 2 is 2.21 bits per heavy atom. The van der Waals surface area contributed by atoms with Gasteiger partial charge in [-0.05, 0) is 31.0 Å². The summed E-state index contributed by atoms with van der Waals surface area (Å²) in [5.74, 6) is 0.578. The second-order valence-electron chi connectivity index (χ2n) is 5.00. The van der Waals surface area contributed by atoms with Gasteiger partial charge >= 0.3 is 0 Å². The van der Waals surface area contributed by atoms with Crippen LogP contribution in [0.2, 0.25) is 0 Å². The van der Waals surface area contributed by atoms with Crippen molar-refractivity contribution in [1.29, 1.82) is 0 Å². The minimum Gasteiger partial charge on any atom is -0.508 e. The topological polar surface area (TPSA) is 52.5 Å². The maximum Gasteiger partial charge on any atom is 0.120 e. The predicted octanol–water partition coefficient (Wildman–Crippen LogP) is 3.13. The van der Waals surface area contributed by atoms with Crippen LogP contribution in [-0.2, 0) is 0 Å². The van der Waals surface area contributed by atoms with E-state index in [0.717, 1.165) is 22.9 Å². The Kier molecular flexibility index (Phi) is 5.02. The number of benzene rings is 1. The molecule has 0 fully saturated rings. The van der Waals surface area contributed by atoms with Gasteiger partial charge in [-0.25, -0.2) is 0 Å². The maximum absolute atomic E-state index is 9.99. The van der Waals surface area contributed by atoms with Crippen molar-refractivity contribution in [2.24, 2.45) is 5.92 Å². The fraction of sp³-hybridized carbons (Fsp3) is 0.467. The largest absolute Gasteiger partial charge is 0.508 e. The van der Waals surface area contributed by atoms with Crippen LogP contribution in [-0.4, -0.2) is 22.9 Å². The minimum atomic E-state index is 0.115. The lowest BCUT2D eigenvalue weighted by Crippen LogP contribution is -2.30. The van der Waals surface area contributed by atoms with Crippen molar-refractivity contribution >= 4 is 15.9 Å². The number of hydrogen-bond acceptors (Lipinski definition) is 3.